The van der Waals surface area contributed by atoms with Crippen LogP contribution in [-0.4, -0.2) is 40.6 Å². The monoisotopic (exact) mass is 445 g/mol. The first-order valence-corrected chi connectivity index (χ1v) is 12.3. The Bertz CT molecular complexity index is 889. The number of fused-ring (bicyclic) bond motifs is 1. The molecule has 1 aromatic heterocycles. The van der Waals surface area contributed by atoms with Gasteiger partial charge in [0, 0.05) is 19.4 Å². The van der Waals surface area contributed by atoms with E-state index in [4.69, 9.17) is 0 Å². The zero-order chi connectivity index (χ0) is 22.4. The van der Waals surface area contributed by atoms with Crippen molar-refractivity contribution in [1.82, 2.24) is 15.6 Å². The molecule has 1 aromatic carbocycles. The summed E-state index contributed by atoms with van der Waals surface area (Å²) in [5.74, 6) is 0.250. The third kappa shape index (κ3) is 6.50. The van der Waals surface area contributed by atoms with Crippen molar-refractivity contribution >= 4 is 33.4 Å². The molecular weight excluding hydrogens is 410 g/mol. The number of aliphatic hydroxyl groups excluding tert-OH is 1. The van der Waals surface area contributed by atoms with Crippen LogP contribution in [0.2, 0.25) is 0 Å². The smallest absolute Gasteiger partial charge is 0.243 e. The van der Waals surface area contributed by atoms with Crippen molar-refractivity contribution in [3.8, 4) is 0 Å². The lowest BCUT2D eigenvalue weighted by molar-refractivity contribution is -0.129. The molecule has 7 heteroatoms. The van der Waals surface area contributed by atoms with Crippen molar-refractivity contribution in [1.29, 1.82) is 0 Å². The molecule has 31 heavy (non-hydrogen) atoms. The van der Waals surface area contributed by atoms with Crippen molar-refractivity contribution in [3.63, 3.8) is 0 Å². The number of carbonyl (C=O) groups excluding carboxylic acids is 2. The maximum absolute atomic E-state index is 12.9. The third-order valence-electron chi connectivity index (χ3n) is 6.15. The lowest BCUT2D eigenvalue weighted by atomic mass is 9.85. The fraction of sp³-hybridized carbons (Fsp3) is 0.625. The van der Waals surface area contributed by atoms with Crippen LogP contribution < -0.4 is 10.6 Å². The Kier molecular flexibility index (Phi) is 8.43. The van der Waals surface area contributed by atoms with Crippen LogP contribution in [0.3, 0.4) is 0 Å². The zero-order valence-electron chi connectivity index (χ0n) is 18.8. The number of rotatable bonds is 9. The van der Waals surface area contributed by atoms with Gasteiger partial charge in [-0.25, -0.2) is 4.98 Å². The molecule has 2 atom stereocenters. The van der Waals surface area contributed by atoms with Gasteiger partial charge in [-0.05, 0) is 42.4 Å². The summed E-state index contributed by atoms with van der Waals surface area (Å²) in [7, 11) is 0. The Morgan fingerprint density at radius 3 is 2.65 bits per heavy atom. The molecule has 3 N–H and O–H groups in total. The van der Waals surface area contributed by atoms with E-state index in [1.807, 2.05) is 6.07 Å². The van der Waals surface area contributed by atoms with Crippen LogP contribution in [0, 0.1) is 5.92 Å². The van der Waals surface area contributed by atoms with E-state index in [9.17, 15) is 14.7 Å². The zero-order valence-corrected chi connectivity index (χ0v) is 19.6. The highest BCUT2D eigenvalue weighted by atomic mass is 32.1. The predicted molar refractivity (Wildman–Crippen MR) is 125 cm³/mol. The topological polar surface area (TPSA) is 91.3 Å². The quantitative estimate of drug-likeness (QED) is 0.546. The summed E-state index contributed by atoms with van der Waals surface area (Å²) in [5, 5.41) is 17.0. The summed E-state index contributed by atoms with van der Waals surface area (Å²) in [6.45, 7) is 6.30. The molecule has 1 heterocycles. The Balaban J connectivity index is 1.67. The summed E-state index contributed by atoms with van der Waals surface area (Å²) in [5.41, 5.74) is 2.17. The summed E-state index contributed by atoms with van der Waals surface area (Å²) >= 11 is 1.56. The number of amides is 2. The Labute approximate surface area is 188 Å². The minimum absolute atomic E-state index is 0.170. The first-order chi connectivity index (χ1) is 14.9. The molecule has 1 aliphatic rings. The van der Waals surface area contributed by atoms with E-state index < -0.39 is 12.1 Å². The number of hydrogen-bond donors (Lipinski definition) is 3. The molecule has 1 saturated carbocycles. The first kappa shape index (κ1) is 23.7. The SMILES string of the molecule is CCC(=O)N[C@@H](Cc1nc2ccc(C(C)C)cc2s1)C(=O)NC[C@@H](O)C1CCCCC1. The number of nitrogens with one attached hydrogen (secondary N) is 2. The van der Waals surface area contributed by atoms with Crippen molar-refractivity contribution < 1.29 is 14.7 Å². The second kappa shape index (κ2) is 11.0. The number of nitrogens with zero attached hydrogens (tertiary/aromatic N) is 1. The van der Waals surface area contributed by atoms with Gasteiger partial charge in [0.25, 0.3) is 0 Å². The molecule has 6 nitrogen and oxygen atoms in total. The van der Waals surface area contributed by atoms with Gasteiger partial charge in [-0.15, -0.1) is 11.3 Å². The molecule has 0 unspecified atom stereocenters. The minimum Gasteiger partial charge on any atom is -0.391 e. The lowest BCUT2D eigenvalue weighted by Crippen LogP contribution is -2.50. The number of carbonyl (C=O) groups is 2. The van der Waals surface area contributed by atoms with E-state index in [1.165, 1.54) is 12.0 Å². The molecule has 0 saturated heterocycles. The summed E-state index contributed by atoms with van der Waals surface area (Å²) in [6.07, 6.45) is 5.64. The molecule has 170 valence electrons. The van der Waals surface area contributed by atoms with Crippen molar-refractivity contribution in [2.75, 3.05) is 6.54 Å². The highest BCUT2D eigenvalue weighted by Crippen LogP contribution is 2.28. The van der Waals surface area contributed by atoms with Gasteiger partial charge in [-0.2, -0.15) is 0 Å². The van der Waals surface area contributed by atoms with Crippen molar-refractivity contribution in [2.45, 2.75) is 83.8 Å². The van der Waals surface area contributed by atoms with Gasteiger partial charge in [-0.1, -0.05) is 46.1 Å². The number of benzene rings is 1. The van der Waals surface area contributed by atoms with Gasteiger partial charge in [0.1, 0.15) is 6.04 Å². The normalized spacial score (nSPS) is 16.9. The van der Waals surface area contributed by atoms with E-state index in [0.717, 1.165) is 40.9 Å². The number of hydrogen-bond acceptors (Lipinski definition) is 5. The average molecular weight is 446 g/mol. The Morgan fingerprint density at radius 1 is 1.23 bits per heavy atom. The van der Waals surface area contributed by atoms with Crippen LogP contribution in [0.1, 0.15) is 75.8 Å². The molecule has 2 aromatic rings. The van der Waals surface area contributed by atoms with E-state index in [-0.39, 0.29) is 24.3 Å². The molecular formula is C24H35N3O3S. The highest BCUT2D eigenvalue weighted by Gasteiger charge is 2.26. The van der Waals surface area contributed by atoms with Crippen molar-refractivity contribution in [3.05, 3.63) is 28.8 Å². The van der Waals surface area contributed by atoms with Gasteiger partial charge in [0.15, 0.2) is 0 Å². The van der Waals surface area contributed by atoms with Gasteiger partial charge in [0.05, 0.1) is 21.3 Å². The summed E-state index contributed by atoms with van der Waals surface area (Å²) < 4.78 is 1.09. The average Bonchev–Trinajstić information content (AvgIpc) is 3.18. The second-order valence-corrected chi connectivity index (χ2v) is 9.99. The van der Waals surface area contributed by atoms with Crippen LogP contribution in [0.25, 0.3) is 10.2 Å². The maximum atomic E-state index is 12.9. The van der Waals surface area contributed by atoms with E-state index >= 15 is 0 Å². The summed E-state index contributed by atoms with van der Waals surface area (Å²) in [4.78, 5) is 29.6. The van der Waals surface area contributed by atoms with Gasteiger partial charge in [-0.3, -0.25) is 9.59 Å². The number of aromatic nitrogens is 1. The predicted octanol–water partition coefficient (Wildman–Crippen LogP) is 3.91. The fourth-order valence-corrected chi connectivity index (χ4v) is 5.19. The highest BCUT2D eigenvalue weighted by molar-refractivity contribution is 7.18. The summed E-state index contributed by atoms with van der Waals surface area (Å²) in [6, 6.07) is 5.56. The van der Waals surface area contributed by atoms with Crippen LogP contribution in [-0.2, 0) is 16.0 Å². The third-order valence-corrected chi connectivity index (χ3v) is 7.19. The number of thiazole rings is 1. The van der Waals surface area contributed by atoms with E-state index in [0.29, 0.717) is 18.8 Å². The molecule has 1 aliphatic carbocycles. The molecule has 1 fully saturated rings. The van der Waals surface area contributed by atoms with Crippen LogP contribution >= 0.6 is 11.3 Å². The molecule has 0 aliphatic heterocycles. The van der Waals surface area contributed by atoms with Crippen molar-refractivity contribution in [2.24, 2.45) is 5.92 Å². The van der Waals surface area contributed by atoms with Gasteiger partial charge < -0.3 is 15.7 Å². The van der Waals surface area contributed by atoms with Crippen LogP contribution in [0.5, 0.6) is 0 Å². The Hall–Kier alpha value is -1.99. The van der Waals surface area contributed by atoms with Gasteiger partial charge in [0.2, 0.25) is 11.8 Å². The maximum Gasteiger partial charge on any atom is 0.243 e. The largest absolute Gasteiger partial charge is 0.391 e. The first-order valence-electron chi connectivity index (χ1n) is 11.5. The molecule has 2 amide bonds. The standard InChI is InChI=1S/C24H35N3O3S/c1-4-22(29)26-19(24(30)25-14-20(28)16-8-6-5-7-9-16)13-23-27-18-11-10-17(15(2)3)12-21(18)31-23/h10-12,15-16,19-20,28H,4-9,13-14H2,1-3H3,(H,25,30)(H,26,29)/t19-,20+/m0/s1. The van der Waals surface area contributed by atoms with E-state index in [1.54, 1.807) is 18.3 Å². The molecule has 0 spiro atoms. The lowest BCUT2D eigenvalue weighted by Gasteiger charge is -2.27. The van der Waals surface area contributed by atoms with Crippen LogP contribution in [0.15, 0.2) is 18.2 Å². The molecule has 3 rings (SSSR count). The fourth-order valence-electron chi connectivity index (χ4n) is 4.13. The molecule has 0 radical (unpaired) electrons. The minimum atomic E-state index is -0.698. The second-order valence-electron chi connectivity index (χ2n) is 8.88. The Morgan fingerprint density at radius 2 is 1.97 bits per heavy atom. The molecule has 0 bridgehead atoms. The number of aliphatic hydroxyl groups is 1. The van der Waals surface area contributed by atoms with E-state index in [2.05, 4.69) is 41.6 Å². The van der Waals surface area contributed by atoms with Gasteiger partial charge >= 0.3 is 0 Å². The van der Waals surface area contributed by atoms with Crippen LogP contribution in [0.4, 0.5) is 0 Å².